The molecule has 3 heterocycles. The standard InChI is InChI=1S/C22H24N2O3/c1-17-10-11-18-6-2-3-9-21(18)24(17)22(25)16-23(14-19-7-4-12-26-19)15-20-8-5-13-27-20/h2-9,12-13,17H,10-11,14-16H2,1H3. The van der Waals surface area contributed by atoms with E-state index < -0.39 is 0 Å². The lowest BCUT2D eigenvalue weighted by Crippen LogP contribution is -2.46. The molecule has 0 fully saturated rings. The quantitative estimate of drug-likeness (QED) is 0.656. The fourth-order valence-electron chi connectivity index (χ4n) is 3.75. The smallest absolute Gasteiger partial charge is 0.241 e. The molecule has 5 heteroatoms. The van der Waals surface area contributed by atoms with Crippen LogP contribution in [0.5, 0.6) is 0 Å². The summed E-state index contributed by atoms with van der Waals surface area (Å²) >= 11 is 0. The van der Waals surface area contributed by atoms with Gasteiger partial charge in [0.2, 0.25) is 5.91 Å². The SMILES string of the molecule is CC1CCc2ccccc2N1C(=O)CN(Cc1ccco1)Cc1ccco1. The predicted molar refractivity (Wildman–Crippen MR) is 103 cm³/mol. The highest BCUT2D eigenvalue weighted by atomic mass is 16.3. The topological polar surface area (TPSA) is 49.8 Å². The van der Waals surface area contributed by atoms with Crippen LogP contribution in [0.2, 0.25) is 0 Å². The number of benzene rings is 1. The van der Waals surface area contributed by atoms with E-state index in [9.17, 15) is 4.79 Å². The largest absolute Gasteiger partial charge is 0.468 e. The zero-order chi connectivity index (χ0) is 18.6. The lowest BCUT2D eigenvalue weighted by molar-refractivity contribution is -0.120. The molecular weight excluding hydrogens is 340 g/mol. The highest BCUT2D eigenvalue weighted by Crippen LogP contribution is 2.30. The third-order valence-corrected chi connectivity index (χ3v) is 5.07. The minimum Gasteiger partial charge on any atom is -0.468 e. The molecule has 1 aromatic carbocycles. The maximum atomic E-state index is 13.3. The first-order valence-electron chi connectivity index (χ1n) is 9.38. The number of amides is 1. The van der Waals surface area contributed by atoms with Gasteiger partial charge in [0.1, 0.15) is 11.5 Å². The van der Waals surface area contributed by atoms with Gasteiger partial charge in [-0.05, 0) is 55.7 Å². The van der Waals surface area contributed by atoms with Crippen molar-refractivity contribution in [1.29, 1.82) is 0 Å². The van der Waals surface area contributed by atoms with Crippen molar-refractivity contribution in [2.75, 3.05) is 11.4 Å². The molecule has 1 atom stereocenters. The lowest BCUT2D eigenvalue weighted by Gasteiger charge is -2.36. The van der Waals surface area contributed by atoms with E-state index in [0.717, 1.165) is 30.0 Å². The van der Waals surface area contributed by atoms with Crippen molar-refractivity contribution < 1.29 is 13.6 Å². The molecule has 0 saturated heterocycles. The lowest BCUT2D eigenvalue weighted by atomic mass is 9.96. The number of carbonyl (C=O) groups excluding carboxylic acids is 1. The first-order chi connectivity index (χ1) is 13.2. The number of carbonyl (C=O) groups is 1. The molecule has 0 bridgehead atoms. The Bertz CT molecular complexity index is 835. The van der Waals surface area contributed by atoms with Crippen LogP contribution in [0, 0.1) is 0 Å². The molecule has 0 aliphatic carbocycles. The average molecular weight is 364 g/mol. The Morgan fingerprint density at radius 1 is 1.04 bits per heavy atom. The van der Waals surface area contributed by atoms with Gasteiger partial charge in [0.15, 0.2) is 0 Å². The zero-order valence-electron chi connectivity index (χ0n) is 15.5. The van der Waals surface area contributed by atoms with Gasteiger partial charge in [0.25, 0.3) is 0 Å². The van der Waals surface area contributed by atoms with Crippen molar-refractivity contribution in [2.24, 2.45) is 0 Å². The molecular formula is C22H24N2O3. The van der Waals surface area contributed by atoms with E-state index in [1.807, 2.05) is 47.4 Å². The molecule has 140 valence electrons. The van der Waals surface area contributed by atoms with Crippen molar-refractivity contribution in [3.05, 3.63) is 78.1 Å². The maximum absolute atomic E-state index is 13.3. The van der Waals surface area contributed by atoms with Crippen LogP contribution >= 0.6 is 0 Å². The predicted octanol–water partition coefficient (Wildman–Crippen LogP) is 4.24. The molecule has 1 amide bonds. The van der Waals surface area contributed by atoms with Gasteiger partial charge < -0.3 is 13.7 Å². The van der Waals surface area contributed by atoms with Crippen LogP contribution in [-0.4, -0.2) is 23.4 Å². The molecule has 1 aliphatic heterocycles. The summed E-state index contributed by atoms with van der Waals surface area (Å²) in [6.07, 6.45) is 5.32. The molecule has 1 aliphatic rings. The van der Waals surface area contributed by atoms with E-state index >= 15 is 0 Å². The number of para-hydroxylation sites is 1. The Labute approximate surface area is 159 Å². The van der Waals surface area contributed by atoms with Crippen molar-refractivity contribution in [3.63, 3.8) is 0 Å². The van der Waals surface area contributed by atoms with Crippen LogP contribution in [0.15, 0.2) is 69.9 Å². The van der Waals surface area contributed by atoms with E-state index in [4.69, 9.17) is 8.83 Å². The molecule has 0 saturated carbocycles. The number of hydrogen-bond acceptors (Lipinski definition) is 4. The monoisotopic (exact) mass is 364 g/mol. The Balaban J connectivity index is 1.54. The van der Waals surface area contributed by atoms with Crippen LogP contribution in [0.1, 0.15) is 30.4 Å². The zero-order valence-corrected chi connectivity index (χ0v) is 15.5. The third kappa shape index (κ3) is 3.98. The van der Waals surface area contributed by atoms with Crippen LogP contribution in [-0.2, 0) is 24.3 Å². The van der Waals surface area contributed by atoms with Gasteiger partial charge in [-0.25, -0.2) is 0 Å². The van der Waals surface area contributed by atoms with Gasteiger partial charge in [-0.15, -0.1) is 0 Å². The van der Waals surface area contributed by atoms with Crippen LogP contribution in [0.4, 0.5) is 5.69 Å². The van der Waals surface area contributed by atoms with E-state index in [1.54, 1.807) is 12.5 Å². The summed E-state index contributed by atoms with van der Waals surface area (Å²) in [6.45, 7) is 3.55. The highest BCUT2D eigenvalue weighted by molar-refractivity contribution is 5.96. The second-order valence-corrected chi connectivity index (χ2v) is 7.08. The van der Waals surface area contributed by atoms with Gasteiger partial charge in [-0.2, -0.15) is 0 Å². The van der Waals surface area contributed by atoms with E-state index in [2.05, 4.69) is 17.9 Å². The molecule has 4 rings (SSSR count). The normalized spacial score (nSPS) is 16.5. The van der Waals surface area contributed by atoms with Gasteiger partial charge >= 0.3 is 0 Å². The molecule has 1 unspecified atom stereocenters. The number of hydrogen-bond donors (Lipinski definition) is 0. The minimum atomic E-state index is 0.104. The summed E-state index contributed by atoms with van der Waals surface area (Å²) < 4.78 is 11.0. The highest BCUT2D eigenvalue weighted by Gasteiger charge is 2.29. The Kier molecular flexibility index (Phi) is 5.12. The Morgan fingerprint density at radius 2 is 1.70 bits per heavy atom. The maximum Gasteiger partial charge on any atom is 0.241 e. The van der Waals surface area contributed by atoms with Crippen molar-refractivity contribution >= 4 is 11.6 Å². The van der Waals surface area contributed by atoms with Gasteiger partial charge in [0, 0.05) is 11.7 Å². The summed E-state index contributed by atoms with van der Waals surface area (Å²) in [5.41, 5.74) is 2.28. The number of fused-ring (bicyclic) bond motifs is 1. The molecule has 2 aromatic heterocycles. The number of aryl methyl sites for hydroxylation is 1. The van der Waals surface area contributed by atoms with Crippen molar-refractivity contribution in [1.82, 2.24) is 4.90 Å². The average Bonchev–Trinajstić information content (AvgIpc) is 3.35. The summed E-state index contributed by atoms with van der Waals surface area (Å²) in [4.78, 5) is 17.3. The summed E-state index contributed by atoms with van der Waals surface area (Å²) in [6, 6.07) is 16.0. The first-order valence-corrected chi connectivity index (χ1v) is 9.38. The second kappa shape index (κ2) is 7.84. The van der Waals surface area contributed by atoms with E-state index in [-0.39, 0.29) is 11.9 Å². The Hall–Kier alpha value is -2.79. The van der Waals surface area contributed by atoms with Crippen molar-refractivity contribution in [3.8, 4) is 0 Å². The number of rotatable bonds is 6. The fourth-order valence-corrected chi connectivity index (χ4v) is 3.75. The Morgan fingerprint density at radius 3 is 2.33 bits per heavy atom. The van der Waals surface area contributed by atoms with Gasteiger partial charge in [0.05, 0.1) is 32.2 Å². The van der Waals surface area contributed by atoms with Gasteiger partial charge in [-0.1, -0.05) is 18.2 Å². The molecule has 0 N–H and O–H groups in total. The molecule has 0 spiro atoms. The summed E-state index contributed by atoms with van der Waals surface area (Å²) in [5.74, 6) is 1.77. The summed E-state index contributed by atoms with van der Waals surface area (Å²) in [5, 5.41) is 0. The molecule has 27 heavy (non-hydrogen) atoms. The second-order valence-electron chi connectivity index (χ2n) is 7.08. The third-order valence-electron chi connectivity index (χ3n) is 5.07. The number of furan rings is 2. The van der Waals surface area contributed by atoms with Crippen LogP contribution in [0.25, 0.3) is 0 Å². The van der Waals surface area contributed by atoms with E-state index in [0.29, 0.717) is 19.6 Å². The first kappa shape index (κ1) is 17.6. The summed E-state index contributed by atoms with van der Waals surface area (Å²) in [7, 11) is 0. The molecule has 5 nitrogen and oxygen atoms in total. The van der Waals surface area contributed by atoms with E-state index in [1.165, 1.54) is 5.56 Å². The molecule has 0 radical (unpaired) electrons. The van der Waals surface area contributed by atoms with Crippen molar-refractivity contribution in [2.45, 2.75) is 38.9 Å². The fraction of sp³-hybridized carbons (Fsp3) is 0.318. The van der Waals surface area contributed by atoms with Crippen LogP contribution < -0.4 is 4.90 Å². The number of anilines is 1. The van der Waals surface area contributed by atoms with Gasteiger partial charge in [-0.3, -0.25) is 9.69 Å². The number of nitrogens with zero attached hydrogens (tertiary/aromatic N) is 2. The minimum absolute atomic E-state index is 0.104. The molecule has 3 aromatic rings. The van der Waals surface area contributed by atoms with Crippen LogP contribution in [0.3, 0.4) is 0 Å².